The number of nitrogens with zero attached hydrogens (tertiary/aromatic N) is 4. The highest BCUT2D eigenvalue weighted by Gasteiger charge is 2.25. The molecular weight excluding hydrogens is 845 g/mol. The van der Waals surface area contributed by atoms with E-state index in [0.717, 1.165) is 110 Å². The van der Waals surface area contributed by atoms with Crippen LogP contribution in [0.15, 0.2) is 239 Å². The number of hydrogen-bond acceptors (Lipinski definition) is 5. The maximum absolute atomic E-state index is 7.42. The highest BCUT2D eigenvalue weighted by molar-refractivity contribution is 6.19. The van der Waals surface area contributed by atoms with Crippen molar-refractivity contribution in [1.29, 1.82) is 0 Å². The summed E-state index contributed by atoms with van der Waals surface area (Å²) in [4.78, 5) is 15.5. The molecule has 0 radical (unpaired) electrons. The van der Waals surface area contributed by atoms with Gasteiger partial charge in [0.05, 0.1) is 16.7 Å². The van der Waals surface area contributed by atoms with Gasteiger partial charge in [0, 0.05) is 54.6 Å². The fraction of sp³-hybridized carbons (Fsp3) is 0. The van der Waals surface area contributed by atoms with Gasteiger partial charge in [0.1, 0.15) is 16.7 Å². The molecule has 4 aromatic heterocycles. The summed E-state index contributed by atoms with van der Waals surface area (Å²) in [6.07, 6.45) is 0. The minimum Gasteiger partial charge on any atom is -0.456 e. The van der Waals surface area contributed by atoms with Gasteiger partial charge < -0.3 is 13.4 Å². The average Bonchev–Trinajstić information content (AvgIpc) is 4.11. The smallest absolute Gasteiger partial charge is 0.164 e. The minimum atomic E-state index is 0.554. The summed E-state index contributed by atoms with van der Waals surface area (Å²) in [6, 6.07) is 80.4. The van der Waals surface area contributed by atoms with Crippen molar-refractivity contribution in [2.24, 2.45) is 0 Å². The van der Waals surface area contributed by atoms with Gasteiger partial charge >= 0.3 is 0 Å². The Morgan fingerprint density at radius 1 is 0.290 bits per heavy atom. The van der Waals surface area contributed by atoms with Crippen LogP contribution in [0.1, 0.15) is 0 Å². The van der Waals surface area contributed by atoms with Gasteiger partial charge in [0.15, 0.2) is 23.1 Å². The first-order chi connectivity index (χ1) is 34.2. The summed E-state index contributed by atoms with van der Waals surface area (Å²) in [6.45, 7) is 0. The van der Waals surface area contributed by atoms with Gasteiger partial charge in [-0.25, -0.2) is 15.0 Å². The molecule has 0 aliphatic carbocycles. The van der Waals surface area contributed by atoms with E-state index >= 15 is 0 Å². The maximum atomic E-state index is 7.42. The van der Waals surface area contributed by atoms with Crippen molar-refractivity contribution in [3.63, 3.8) is 0 Å². The molecule has 0 aliphatic rings. The van der Waals surface area contributed by atoms with Crippen molar-refractivity contribution in [3.05, 3.63) is 231 Å². The first-order valence-electron chi connectivity index (χ1n) is 23.2. The second kappa shape index (κ2) is 15.6. The summed E-state index contributed by atoms with van der Waals surface area (Å²) in [5.41, 5.74) is 15.5. The molecule has 0 atom stereocenters. The molecule has 0 saturated heterocycles. The summed E-state index contributed by atoms with van der Waals surface area (Å²) < 4.78 is 16.2. The molecule has 0 spiro atoms. The van der Waals surface area contributed by atoms with Crippen molar-refractivity contribution in [1.82, 2.24) is 19.5 Å². The molecule has 10 aromatic carbocycles. The van der Waals surface area contributed by atoms with Crippen LogP contribution in [-0.2, 0) is 0 Å². The highest BCUT2D eigenvalue weighted by Crippen LogP contribution is 2.46. The van der Waals surface area contributed by atoms with Gasteiger partial charge in [-0.1, -0.05) is 170 Å². The first kappa shape index (κ1) is 38.8. The van der Waals surface area contributed by atoms with Crippen LogP contribution in [0.3, 0.4) is 0 Å². The van der Waals surface area contributed by atoms with Gasteiger partial charge in [0.25, 0.3) is 0 Å². The van der Waals surface area contributed by atoms with Crippen LogP contribution < -0.4 is 0 Å². The summed E-state index contributed by atoms with van der Waals surface area (Å²) in [5.74, 6) is 1.74. The molecule has 6 heteroatoms. The molecule has 6 nitrogen and oxygen atoms in total. The molecule has 0 aliphatic heterocycles. The molecular formula is C63H38N4O2. The fourth-order valence-corrected chi connectivity index (χ4v) is 10.2. The van der Waals surface area contributed by atoms with Crippen molar-refractivity contribution < 1.29 is 8.83 Å². The van der Waals surface area contributed by atoms with Crippen molar-refractivity contribution in [3.8, 4) is 73.2 Å². The Hall–Kier alpha value is -9.39. The van der Waals surface area contributed by atoms with Crippen LogP contribution in [0, 0.1) is 0 Å². The van der Waals surface area contributed by atoms with Crippen LogP contribution in [0.2, 0.25) is 0 Å². The molecule has 0 unspecified atom stereocenters. The lowest BCUT2D eigenvalue weighted by atomic mass is 9.97. The Labute approximate surface area is 396 Å². The topological polar surface area (TPSA) is 69.9 Å². The zero-order chi connectivity index (χ0) is 45.4. The lowest BCUT2D eigenvalue weighted by molar-refractivity contribution is 0.667. The zero-order valence-corrected chi connectivity index (χ0v) is 37.0. The quantitative estimate of drug-likeness (QED) is 0.159. The van der Waals surface area contributed by atoms with E-state index in [4.69, 9.17) is 23.8 Å². The third-order valence-electron chi connectivity index (χ3n) is 13.5. The van der Waals surface area contributed by atoms with Crippen LogP contribution in [0.25, 0.3) is 139 Å². The largest absolute Gasteiger partial charge is 0.456 e. The summed E-state index contributed by atoms with van der Waals surface area (Å²) in [7, 11) is 0. The monoisotopic (exact) mass is 882 g/mol. The molecule has 69 heavy (non-hydrogen) atoms. The minimum absolute atomic E-state index is 0.554. The lowest BCUT2D eigenvalue weighted by Crippen LogP contribution is -2.00. The Morgan fingerprint density at radius 2 is 0.797 bits per heavy atom. The Morgan fingerprint density at radius 3 is 1.42 bits per heavy atom. The van der Waals surface area contributed by atoms with Gasteiger partial charge in [-0.05, 0) is 88.5 Å². The van der Waals surface area contributed by atoms with Gasteiger partial charge in [-0.2, -0.15) is 0 Å². The number of rotatable bonds is 7. The zero-order valence-electron chi connectivity index (χ0n) is 37.0. The number of fused-ring (bicyclic) bond motifs is 9. The van der Waals surface area contributed by atoms with E-state index in [9.17, 15) is 0 Å². The molecule has 0 saturated carbocycles. The van der Waals surface area contributed by atoms with Crippen molar-refractivity contribution in [2.45, 2.75) is 0 Å². The van der Waals surface area contributed by atoms with Crippen LogP contribution in [0.5, 0.6) is 0 Å². The van der Waals surface area contributed by atoms with E-state index in [1.54, 1.807) is 0 Å². The number of para-hydroxylation sites is 2. The average molecular weight is 883 g/mol. The van der Waals surface area contributed by atoms with Crippen molar-refractivity contribution in [2.75, 3.05) is 0 Å². The van der Waals surface area contributed by atoms with Gasteiger partial charge in [0.2, 0.25) is 0 Å². The van der Waals surface area contributed by atoms with Crippen LogP contribution in [0.4, 0.5) is 0 Å². The van der Waals surface area contributed by atoms with E-state index in [1.165, 1.54) is 11.1 Å². The second-order valence-corrected chi connectivity index (χ2v) is 17.5. The Bertz CT molecular complexity index is 4130. The summed E-state index contributed by atoms with van der Waals surface area (Å²) >= 11 is 0. The molecule has 14 aromatic rings. The van der Waals surface area contributed by atoms with E-state index in [1.807, 2.05) is 72.8 Å². The third kappa shape index (κ3) is 6.38. The van der Waals surface area contributed by atoms with Crippen LogP contribution in [-0.4, -0.2) is 19.5 Å². The van der Waals surface area contributed by atoms with E-state index in [2.05, 4.69) is 162 Å². The van der Waals surface area contributed by atoms with Crippen LogP contribution >= 0.6 is 0 Å². The number of hydrogen-bond donors (Lipinski definition) is 0. The first-order valence-corrected chi connectivity index (χ1v) is 23.2. The normalized spacial score (nSPS) is 11.8. The highest BCUT2D eigenvalue weighted by atomic mass is 16.3. The molecule has 0 amide bonds. The Kier molecular flexibility index (Phi) is 8.79. The summed E-state index contributed by atoms with van der Waals surface area (Å²) in [5, 5.41) is 6.33. The third-order valence-corrected chi connectivity index (χ3v) is 13.5. The molecule has 0 fully saturated rings. The Balaban J connectivity index is 1.06. The van der Waals surface area contributed by atoms with E-state index < -0.39 is 0 Å². The molecule has 322 valence electrons. The SMILES string of the molecule is c1ccc(-c2ccc3c(c2)c2cc(-c4ccccc4)ccc2n3-c2cccc3c2oc2c(-c4ccc5c(c4)oc4ccccc45)ccc(-c4nc(-c5ccccc5)nc(-c5ccccc5)n4)c23)cc1. The predicted octanol–water partition coefficient (Wildman–Crippen LogP) is 16.8. The van der Waals surface area contributed by atoms with E-state index in [-0.39, 0.29) is 0 Å². The second-order valence-electron chi connectivity index (χ2n) is 17.5. The number of benzene rings is 10. The number of aromatic nitrogens is 4. The predicted molar refractivity (Wildman–Crippen MR) is 281 cm³/mol. The number of furan rings is 2. The molecule has 4 heterocycles. The van der Waals surface area contributed by atoms with Crippen molar-refractivity contribution >= 4 is 65.7 Å². The molecule has 0 N–H and O–H groups in total. The van der Waals surface area contributed by atoms with Gasteiger partial charge in [-0.3, -0.25) is 0 Å². The van der Waals surface area contributed by atoms with E-state index in [0.29, 0.717) is 17.5 Å². The maximum Gasteiger partial charge on any atom is 0.164 e. The van der Waals surface area contributed by atoms with Gasteiger partial charge in [-0.15, -0.1) is 0 Å². The molecule has 14 rings (SSSR count). The molecule has 0 bridgehead atoms. The fourth-order valence-electron chi connectivity index (χ4n) is 10.2. The standard InChI is InChI=1S/C63H38N4O2/c1-5-16-39(17-6-1)43-29-34-53-51(36-43)52-37-44(40-18-7-2-8-19-40)30-35-54(52)67(53)55-26-15-25-49-58-50(63-65-61(41-20-9-3-10-21-41)64-62(66-63)42-22-11-4-12-23-42)33-32-46(60(58)69-59(49)55)45-28-31-48-47-24-13-14-27-56(47)68-57(48)38-45/h1-38H. The lowest BCUT2D eigenvalue weighted by Gasteiger charge is -2.11.